The first-order valence-electron chi connectivity index (χ1n) is 6.39. The van der Waals surface area contributed by atoms with Gasteiger partial charge in [0, 0.05) is 16.3 Å². The zero-order chi connectivity index (χ0) is 15.5. The van der Waals surface area contributed by atoms with Crippen LogP contribution in [0, 0.1) is 5.82 Å². The van der Waals surface area contributed by atoms with Crippen molar-refractivity contribution in [2.45, 2.75) is 6.54 Å². The van der Waals surface area contributed by atoms with Gasteiger partial charge >= 0.3 is 0 Å². The van der Waals surface area contributed by atoms with Gasteiger partial charge in [0.25, 0.3) is 0 Å². The van der Waals surface area contributed by atoms with E-state index in [4.69, 9.17) is 27.7 Å². The van der Waals surface area contributed by atoms with Crippen molar-refractivity contribution in [1.29, 1.82) is 0 Å². The number of nitrogens with zero attached hydrogens (tertiary/aromatic N) is 2. The van der Waals surface area contributed by atoms with E-state index in [1.54, 1.807) is 18.2 Å². The number of rotatable bonds is 4. The van der Waals surface area contributed by atoms with Gasteiger partial charge in [-0.2, -0.15) is 4.98 Å². The van der Waals surface area contributed by atoms with Crippen LogP contribution in [0.3, 0.4) is 0 Å². The van der Waals surface area contributed by atoms with Crippen LogP contribution in [0.4, 0.5) is 10.1 Å². The molecule has 0 aliphatic rings. The zero-order valence-corrected chi connectivity index (χ0v) is 12.7. The topological polar surface area (TPSA) is 51.0 Å². The van der Waals surface area contributed by atoms with E-state index >= 15 is 0 Å². The van der Waals surface area contributed by atoms with E-state index in [0.29, 0.717) is 29.0 Å². The molecule has 1 N–H and O–H groups in total. The SMILES string of the molecule is Fc1ccc(NCc2nc(-c3cccc(Cl)c3)no2)cc1Cl. The van der Waals surface area contributed by atoms with Crippen LogP contribution < -0.4 is 5.32 Å². The fourth-order valence-corrected chi connectivity index (χ4v) is 2.23. The summed E-state index contributed by atoms with van der Waals surface area (Å²) in [5.41, 5.74) is 1.43. The van der Waals surface area contributed by atoms with Crippen molar-refractivity contribution in [2.24, 2.45) is 0 Å². The van der Waals surface area contributed by atoms with Crippen LogP contribution in [0.5, 0.6) is 0 Å². The molecule has 0 saturated heterocycles. The summed E-state index contributed by atoms with van der Waals surface area (Å²) < 4.78 is 18.2. The maximum Gasteiger partial charge on any atom is 0.246 e. The van der Waals surface area contributed by atoms with Crippen molar-refractivity contribution in [3.63, 3.8) is 0 Å². The molecule has 1 heterocycles. The van der Waals surface area contributed by atoms with Gasteiger partial charge in [-0.05, 0) is 30.3 Å². The maximum absolute atomic E-state index is 13.1. The molecule has 0 saturated carbocycles. The van der Waals surface area contributed by atoms with Crippen LogP contribution in [-0.4, -0.2) is 10.1 Å². The predicted molar refractivity (Wildman–Crippen MR) is 83.5 cm³/mol. The lowest BCUT2D eigenvalue weighted by Gasteiger charge is -2.03. The Morgan fingerprint density at radius 1 is 1.14 bits per heavy atom. The second-order valence-electron chi connectivity index (χ2n) is 4.50. The molecule has 1 aromatic heterocycles. The molecule has 0 aliphatic carbocycles. The van der Waals surface area contributed by atoms with Gasteiger partial charge in [-0.3, -0.25) is 0 Å². The third kappa shape index (κ3) is 3.37. The molecule has 7 heteroatoms. The molecule has 0 fully saturated rings. The number of hydrogen-bond acceptors (Lipinski definition) is 4. The molecular weight excluding hydrogens is 328 g/mol. The summed E-state index contributed by atoms with van der Waals surface area (Å²) in [7, 11) is 0. The molecule has 4 nitrogen and oxygen atoms in total. The Morgan fingerprint density at radius 2 is 2.00 bits per heavy atom. The van der Waals surface area contributed by atoms with E-state index in [1.807, 2.05) is 12.1 Å². The quantitative estimate of drug-likeness (QED) is 0.743. The summed E-state index contributed by atoms with van der Waals surface area (Å²) in [6, 6.07) is 11.5. The smallest absolute Gasteiger partial charge is 0.246 e. The predicted octanol–water partition coefficient (Wildman–Crippen LogP) is 4.79. The highest BCUT2D eigenvalue weighted by atomic mass is 35.5. The van der Waals surface area contributed by atoms with Gasteiger partial charge in [0.2, 0.25) is 11.7 Å². The van der Waals surface area contributed by atoms with Crippen LogP contribution in [0.15, 0.2) is 47.0 Å². The Balaban J connectivity index is 1.70. The second-order valence-corrected chi connectivity index (χ2v) is 5.35. The van der Waals surface area contributed by atoms with Gasteiger partial charge in [0.05, 0.1) is 11.6 Å². The van der Waals surface area contributed by atoms with E-state index in [9.17, 15) is 4.39 Å². The minimum absolute atomic E-state index is 0.0511. The van der Waals surface area contributed by atoms with Crippen molar-refractivity contribution in [1.82, 2.24) is 10.1 Å². The highest BCUT2D eigenvalue weighted by Gasteiger charge is 2.09. The number of nitrogens with one attached hydrogen (secondary N) is 1. The van der Waals surface area contributed by atoms with Crippen molar-refractivity contribution < 1.29 is 8.91 Å². The normalized spacial score (nSPS) is 10.7. The Bertz CT molecular complexity index is 807. The summed E-state index contributed by atoms with van der Waals surface area (Å²) in [6.07, 6.45) is 0. The van der Waals surface area contributed by atoms with E-state index in [2.05, 4.69) is 15.5 Å². The molecule has 22 heavy (non-hydrogen) atoms. The Hall–Kier alpha value is -2.11. The lowest BCUT2D eigenvalue weighted by Crippen LogP contribution is -1.99. The fraction of sp³-hybridized carbons (Fsp3) is 0.0667. The molecule has 3 aromatic rings. The standard InChI is InChI=1S/C15H10Cl2FN3O/c16-10-3-1-2-9(6-10)15-20-14(22-21-15)8-19-11-4-5-13(18)12(17)7-11/h1-7,19H,8H2. The second kappa shape index (κ2) is 6.34. The number of halogens is 3. The van der Waals surface area contributed by atoms with E-state index < -0.39 is 5.82 Å². The van der Waals surface area contributed by atoms with Crippen LogP contribution in [-0.2, 0) is 6.54 Å². The fourth-order valence-electron chi connectivity index (χ4n) is 1.86. The van der Waals surface area contributed by atoms with Crippen molar-refractivity contribution >= 4 is 28.9 Å². The van der Waals surface area contributed by atoms with E-state index in [-0.39, 0.29) is 5.02 Å². The summed E-state index contributed by atoms with van der Waals surface area (Å²) >= 11 is 11.6. The first kappa shape index (κ1) is 14.8. The van der Waals surface area contributed by atoms with Gasteiger partial charge < -0.3 is 9.84 Å². The molecule has 2 aromatic carbocycles. The molecule has 0 unspecified atom stereocenters. The van der Waals surface area contributed by atoms with Crippen molar-refractivity contribution in [3.8, 4) is 11.4 Å². The molecule has 3 rings (SSSR count). The lowest BCUT2D eigenvalue weighted by molar-refractivity contribution is 0.384. The zero-order valence-electron chi connectivity index (χ0n) is 11.2. The monoisotopic (exact) mass is 337 g/mol. The third-order valence-corrected chi connectivity index (χ3v) is 3.44. The molecule has 112 valence electrons. The molecule has 0 radical (unpaired) electrons. The van der Waals surface area contributed by atoms with Gasteiger partial charge in [-0.25, -0.2) is 4.39 Å². The average Bonchev–Trinajstić information content (AvgIpc) is 2.97. The number of aromatic nitrogens is 2. The van der Waals surface area contributed by atoms with E-state index in [1.165, 1.54) is 12.1 Å². The Kier molecular flexibility index (Phi) is 4.27. The molecule has 0 spiro atoms. The molecule has 0 atom stereocenters. The highest BCUT2D eigenvalue weighted by molar-refractivity contribution is 6.31. The average molecular weight is 338 g/mol. The van der Waals surface area contributed by atoms with Crippen LogP contribution >= 0.6 is 23.2 Å². The van der Waals surface area contributed by atoms with E-state index in [0.717, 1.165) is 5.56 Å². The summed E-state index contributed by atoms with van der Waals surface area (Å²) in [4.78, 5) is 4.27. The summed E-state index contributed by atoms with van der Waals surface area (Å²) in [5, 5.41) is 7.58. The largest absolute Gasteiger partial charge is 0.376 e. The van der Waals surface area contributed by atoms with Crippen molar-refractivity contribution in [3.05, 3.63) is 64.2 Å². The molecule has 0 aliphatic heterocycles. The third-order valence-electron chi connectivity index (χ3n) is 2.91. The minimum Gasteiger partial charge on any atom is -0.376 e. The Labute approximate surface area is 135 Å². The van der Waals surface area contributed by atoms with Crippen LogP contribution in [0.25, 0.3) is 11.4 Å². The maximum atomic E-state index is 13.1. The van der Waals surface area contributed by atoms with Gasteiger partial charge in [-0.15, -0.1) is 0 Å². The number of benzene rings is 2. The Morgan fingerprint density at radius 3 is 2.77 bits per heavy atom. The summed E-state index contributed by atoms with van der Waals surface area (Å²) in [6.45, 7) is 0.301. The first-order chi connectivity index (χ1) is 10.6. The summed E-state index contributed by atoms with van der Waals surface area (Å²) in [5.74, 6) is 0.389. The van der Waals surface area contributed by atoms with Crippen LogP contribution in [0.1, 0.15) is 5.89 Å². The van der Waals surface area contributed by atoms with Gasteiger partial charge in [0.15, 0.2) is 0 Å². The number of hydrogen-bond donors (Lipinski definition) is 1. The highest BCUT2D eigenvalue weighted by Crippen LogP contribution is 2.21. The van der Waals surface area contributed by atoms with Crippen molar-refractivity contribution in [2.75, 3.05) is 5.32 Å². The minimum atomic E-state index is -0.465. The van der Waals surface area contributed by atoms with Gasteiger partial charge in [0.1, 0.15) is 5.82 Å². The molecular formula is C15H10Cl2FN3O. The molecule has 0 amide bonds. The first-order valence-corrected chi connectivity index (χ1v) is 7.15. The molecule has 0 bridgehead atoms. The van der Waals surface area contributed by atoms with Gasteiger partial charge in [-0.1, -0.05) is 40.5 Å². The number of anilines is 1. The lowest BCUT2D eigenvalue weighted by atomic mass is 10.2. The van der Waals surface area contributed by atoms with Crippen LogP contribution in [0.2, 0.25) is 10.0 Å².